The zero-order valence-corrected chi connectivity index (χ0v) is 11.7. The fourth-order valence-corrected chi connectivity index (χ4v) is 1.51. The van der Waals surface area contributed by atoms with Crippen LogP contribution in [0.3, 0.4) is 0 Å². The SMILES string of the molecule is CCOC(=O)C(C)NC(=O)CCOc1ccccc1N. The molecule has 1 rings (SSSR count). The Morgan fingerprint density at radius 2 is 2.05 bits per heavy atom. The lowest BCUT2D eigenvalue weighted by Gasteiger charge is -2.13. The number of carbonyl (C=O) groups excluding carboxylic acids is 2. The van der Waals surface area contributed by atoms with E-state index >= 15 is 0 Å². The van der Waals surface area contributed by atoms with Crippen LogP contribution < -0.4 is 15.8 Å². The van der Waals surface area contributed by atoms with Crippen LogP contribution in [-0.2, 0) is 14.3 Å². The van der Waals surface area contributed by atoms with E-state index in [0.29, 0.717) is 11.4 Å². The van der Waals surface area contributed by atoms with Gasteiger partial charge < -0.3 is 20.5 Å². The first kappa shape index (κ1) is 15.8. The van der Waals surface area contributed by atoms with Gasteiger partial charge in [0, 0.05) is 0 Å². The minimum atomic E-state index is -0.663. The first-order valence-electron chi connectivity index (χ1n) is 6.48. The third kappa shape index (κ3) is 5.17. The van der Waals surface area contributed by atoms with Gasteiger partial charge in [0.15, 0.2) is 0 Å². The molecule has 0 fully saturated rings. The second-order valence-corrected chi connectivity index (χ2v) is 4.18. The van der Waals surface area contributed by atoms with Crippen molar-refractivity contribution in [1.29, 1.82) is 0 Å². The molecule has 110 valence electrons. The molecule has 1 unspecified atom stereocenters. The highest BCUT2D eigenvalue weighted by molar-refractivity contribution is 5.84. The molecule has 1 aromatic carbocycles. The minimum Gasteiger partial charge on any atom is -0.491 e. The van der Waals surface area contributed by atoms with E-state index in [4.69, 9.17) is 15.2 Å². The van der Waals surface area contributed by atoms with Crippen LogP contribution in [0.4, 0.5) is 5.69 Å². The van der Waals surface area contributed by atoms with Gasteiger partial charge >= 0.3 is 5.97 Å². The third-order valence-corrected chi connectivity index (χ3v) is 2.52. The summed E-state index contributed by atoms with van der Waals surface area (Å²) in [5.74, 6) is -0.187. The number of nitrogens with one attached hydrogen (secondary N) is 1. The van der Waals surface area contributed by atoms with Gasteiger partial charge in [-0.05, 0) is 26.0 Å². The monoisotopic (exact) mass is 280 g/mol. The van der Waals surface area contributed by atoms with E-state index in [1.165, 1.54) is 0 Å². The zero-order chi connectivity index (χ0) is 15.0. The predicted molar refractivity (Wildman–Crippen MR) is 75.2 cm³/mol. The van der Waals surface area contributed by atoms with Crippen LogP contribution in [0, 0.1) is 0 Å². The van der Waals surface area contributed by atoms with Gasteiger partial charge in [0.2, 0.25) is 5.91 Å². The Labute approximate surface area is 118 Å². The zero-order valence-electron chi connectivity index (χ0n) is 11.7. The molecule has 0 bridgehead atoms. The summed E-state index contributed by atoms with van der Waals surface area (Å²) in [6, 6.07) is 6.39. The summed E-state index contributed by atoms with van der Waals surface area (Å²) >= 11 is 0. The molecular weight excluding hydrogens is 260 g/mol. The van der Waals surface area contributed by atoms with Gasteiger partial charge in [-0.25, -0.2) is 4.79 Å². The highest BCUT2D eigenvalue weighted by atomic mass is 16.5. The smallest absolute Gasteiger partial charge is 0.328 e. The van der Waals surface area contributed by atoms with Crippen LogP contribution in [0.15, 0.2) is 24.3 Å². The lowest BCUT2D eigenvalue weighted by atomic mass is 10.3. The molecule has 0 heterocycles. The molecule has 0 saturated heterocycles. The first-order valence-corrected chi connectivity index (χ1v) is 6.48. The van der Waals surface area contributed by atoms with Gasteiger partial charge in [-0.1, -0.05) is 12.1 Å². The standard InChI is InChI=1S/C14H20N2O4/c1-3-19-14(18)10(2)16-13(17)8-9-20-12-7-5-4-6-11(12)15/h4-7,10H,3,8-9,15H2,1-2H3,(H,16,17). The first-order chi connectivity index (χ1) is 9.54. The Hall–Kier alpha value is -2.24. The van der Waals surface area contributed by atoms with Crippen LogP contribution in [0.1, 0.15) is 20.3 Å². The quantitative estimate of drug-likeness (QED) is 0.576. The summed E-state index contributed by atoms with van der Waals surface area (Å²) < 4.78 is 10.2. The van der Waals surface area contributed by atoms with Crippen LogP contribution in [0.25, 0.3) is 0 Å². The maximum absolute atomic E-state index is 11.6. The van der Waals surface area contributed by atoms with E-state index in [0.717, 1.165) is 0 Å². The number of benzene rings is 1. The summed E-state index contributed by atoms with van der Waals surface area (Å²) in [6.45, 7) is 3.77. The van der Waals surface area contributed by atoms with E-state index in [2.05, 4.69) is 5.32 Å². The van der Waals surface area contributed by atoms with Gasteiger partial charge in [-0.3, -0.25) is 4.79 Å². The fraction of sp³-hybridized carbons (Fsp3) is 0.429. The number of ether oxygens (including phenoxy) is 2. The number of anilines is 1. The summed E-state index contributed by atoms with van der Waals surface area (Å²) in [5.41, 5.74) is 6.23. The Morgan fingerprint density at radius 3 is 2.70 bits per heavy atom. The third-order valence-electron chi connectivity index (χ3n) is 2.52. The number of carbonyl (C=O) groups is 2. The Kier molecular flexibility index (Phi) is 6.36. The molecule has 0 aliphatic carbocycles. The molecule has 6 heteroatoms. The Balaban J connectivity index is 2.30. The maximum Gasteiger partial charge on any atom is 0.328 e. The summed E-state index contributed by atoms with van der Waals surface area (Å²) in [5, 5.41) is 2.54. The van der Waals surface area contributed by atoms with E-state index in [-0.39, 0.29) is 25.5 Å². The van der Waals surface area contributed by atoms with Gasteiger partial charge in [0.05, 0.1) is 25.3 Å². The van der Waals surface area contributed by atoms with Crippen molar-refractivity contribution < 1.29 is 19.1 Å². The van der Waals surface area contributed by atoms with Crippen molar-refractivity contribution >= 4 is 17.6 Å². The highest BCUT2D eigenvalue weighted by Crippen LogP contribution is 2.19. The Bertz CT molecular complexity index is 462. The summed E-state index contributed by atoms with van der Waals surface area (Å²) in [7, 11) is 0. The number of nitrogens with two attached hydrogens (primary N) is 1. The van der Waals surface area contributed by atoms with Gasteiger partial charge in [0.25, 0.3) is 0 Å². The van der Waals surface area contributed by atoms with Gasteiger partial charge in [0.1, 0.15) is 11.8 Å². The second kappa shape index (κ2) is 8.04. The molecule has 0 aromatic heterocycles. The van der Waals surface area contributed by atoms with Crippen molar-refractivity contribution in [2.75, 3.05) is 18.9 Å². The molecule has 1 amide bonds. The molecular formula is C14H20N2O4. The molecule has 0 radical (unpaired) electrons. The van der Waals surface area contributed by atoms with Crippen molar-refractivity contribution in [2.24, 2.45) is 0 Å². The number of nitrogen functional groups attached to an aromatic ring is 1. The number of hydrogen-bond acceptors (Lipinski definition) is 5. The van der Waals surface area contributed by atoms with Crippen molar-refractivity contribution in [3.8, 4) is 5.75 Å². The highest BCUT2D eigenvalue weighted by Gasteiger charge is 2.16. The fourth-order valence-electron chi connectivity index (χ4n) is 1.51. The average molecular weight is 280 g/mol. The number of esters is 1. The van der Waals surface area contributed by atoms with E-state index in [1.54, 1.807) is 38.1 Å². The van der Waals surface area contributed by atoms with Crippen LogP contribution >= 0.6 is 0 Å². The molecule has 0 saturated carbocycles. The van der Waals surface area contributed by atoms with Gasteiger partial charge in [-0.2, -0.15) is 0 Å². The molecule has 0 aliphatic heterocycles. The predicted octanol–water partition coefficient (Wildman–Crippen LogP) is 1.11. The number of amides is 1. The van der Waals surface area contributed by atoms with Crippen LogP contribution in [0.5, 0.6) is 5.75 Å². The molecule has 0 spiro atoms. The summed E-state index contributed by atoms with van der Waals surface area (Å²) in [6.07, 6.45) is 0.137. The second-order valence-electron chi connectivity index (χ2n) is 4.18. The lowest BCUT2D eigenvalue weighted by Crippen LogP contribution is -2.40. The van der Waals surface area contributed by atoms with Crippen LogP contribution in [-0.4, -0.2) is 31.1 Å². The lowest BCUT2D eigenvalue weighted by molar-refractivity contribution is -0.146. The number of hydrogen-bond donors (Lipinski definition) is 2. The molecule has 1 aromatic rings. The molecule has 3 N–H and O–H groups in total. The van der Waals surface area contributed by atoms with Crippen LogP contribution in [0.2, 0.25) is 0 Å². The van der Waals surface area contributed by atoms with E-state index in [1.807, 2.05) is 0 Å². The van der Waals surface area contributed by atoms with Gasteiger partial charge in [-0.15, -0.1) is 0 Å². The average Bonchev–Trinajstić information content (AvgIpc) is 2.41. The molecule has 0 aliphatic rings. The van der Waals surface area contributed by atoms with Crippen molar-refractivity contribution in [2.45, 2.75) is 26.3 Å². The van der Waals surface area contributed by atoms with Crippen molar-refractivity contribution in [3.63, 3.8) is 0 Å². The van der Waals surface area contributed by atoms with Crippen molar-refractivity contribution in [3.05, 3.63) is 24.3 Å². The number of rotatable bonds is 7. The number of para-hydroxylation sites is 2. The topological polar surface area (TPSA) is 90.6 Å². The Morgan fingerprint density at radius 1 is 1.35 bits per heavy atom. The molecule has 1 atom stereocenters. The summed E-state index contributed by atoms with van der Waals surface area (Å²) in [4.78, 5) is 22.9. The molecule has 20 heavy (non-hydrogen) atoms. The van der Waals surface area contributed by atoms with Crippen molar-refractivity contribution in [1.82, 2.24) is 5.32 Å². The maximum atomic E-state index is 11.6. The molecule has 6 nitrogen and oxygen atoms in total. The minimum absolute atomic E-state index is 0.137. The van der Waals surface area contributed by atoms with E-state index < -0.39 is 12.0 Å². The largest absolute Gasteiger partial charge is 0.491 e. The normalized spacial score (nSPS) is 11.5. The van der Waals surface area contributed by atoms with E-state index in [9.17, 15) is 9.59 Å².